The zero-order chi connectivity index (χ0) is 18.1. The van der Waals surface area contributed by atoms with Crippen molar-refractivity contribution in [1.29, 1.82) is 0 Å². The molecule has 1 atom stereocenters. The molecule has 4 rings (SSSR count). The van der Waals surface area contributed by atoms with E-state index in [-0.39, 0.29) is 23.6 Å². The number of hydrogen-bond acceptors (Lipinski definition) is 3. The molecule has 0 bridgehead atoms. The Labute approximate surface area is 154 Å². The number of urea groups is 1. The molecule has 140 valence electrons. The number of ether oxygens (including phenoxy) is 1. The van der Waals surface area contributed by atoms with Crippen LogP contribution in [0.4, 0.5) is 16.2 Å². The fraction of sp³-hybridized carbons (Fsp3) is 0.600. The van der Waals surface area contributed by atoms with Gasteiger partial charge < -0.3 is 20.3 Å². The quantitative estimate of drug-likeness (QED) is 0.871. The summed E-state index contributed by atoms with van der Waals surface area (Å²) in [5.74, 6) is 0.152. The third kappa shape index (κ3) is 3.43. The van der Waals surface area contributed by atoms with Crippen LogP contribution in [-0.4, -0.2) is 36.7 Å². The van der Waals surface area contributed by atoms with E-state index in [1.165, 1.54) is 12.8 Å². The molecule has 3 fully saturated rings. The Bertz CT molecular complexity index is 712. The summed E-state index contributed by atoms with van der Waals surface area (Å²) in [6.07, 6.45) is 7.05. The molecule has 6 heteroatoms. The molecule has 1 aliphatic carbocycles. The highest BCUT2D eigenvalue weighted by Gasteiger charge is 2.42. The summed E-state index contributed by atoms with van der Waals surface area (Å²) in [6, 6.07) is 5.57. The Balaban J connectivity index is 1.38. The largest absolute Gasteiger partial charge is 0.373 e. The number of carbonyl (C=O) groups excluding carboxylic acids is 2. The van der Waals surface area contributed by atoms with Crippen LogP contribution in [0.2, 0.25) is 0 Å². The first kappa shape index (κ1) is 17.3. The molecule has 6 nitrogen and oxygen atoms in total. The van der Waals surface area contributed by atoms with Gasteiger partial charge in [0.2, 0.25) is 5.91 Å². The normalized spacial score (nSPS) is 24.4. The van der Waals surface area contributed by atoms with Crippen LogP contribution in [0.15, 0.2) is 18.2 Å². The Hall–Kier alpha value is -2.08. The van der Waals surface area contributed by atoms with E-state index in [2.05, 4.69) is 10.6 Å². The summed E-state index contributed by atoms with van der Waals surface area (Å²) in [5.41, 5.74) is 2.64. The molecular weight excluding hydrogens is 330 g/mol. The fourth-order valence-electron chi connectivity index (χ4n) is 4.54. The van der Waals surface area contributed by atoms with Crippen LogP contribution in [-0.2, 0) is 9.53 Å². The number of carbonyl (C=O) groups is 2. The van der Waals surface area contributed by atoms with Gasteiger partial charge in [-0.15, -0.1) is 0 Å². The number of nitrogens with one attached hydrogen (secondary N) is 2. The lowest BCUT2D eigenvalue weighted by atomic mass is 9.96. The second-order valence-electron chi connectivity index (χ2n) is 7.85. The van der Waals surface area contributed by atoms with Gasteiger partial charge in [-0.25, -0.2) is 4.79 Å². The van der Waals surface area contributed by atoms with Gasteiger partial charge in [0.05, 0.1) is 18.2 Å². The average molecular weight is 357 g/mol. The number of hydrogen-bond donors (Lipinski definition) is 2. The second-order valence-corrected chi connectivity index (χ2v) is 7.85. The minimum Gasteiger partial charge on any atom is -0.373 e. The van der Waals surface area contributed by atoms with Gasteiger partial charge >= 0.3 is 6.03 Å². The van der Waals surface area contributed by atoms with Crippen molar-refractivity contribution in [2.45, 2.75) is 63.5 Å². The third-order valence-electron chi connectivity index (χ3n) is 5.89. The smallest absolute Gasteiger partial charge is 0.319 e. The van der Waals surface area contributed by atoms with Crippen LogP contribution < -0.4 is 15.5 Å². The minimum absolute atomic E-state index is 0.00505. The molecule has 2 saturated heterocycles. The van der Waals surface area contributed by atoms with E-state index < -0.39 is 0 Å². The molecule has 1 aromatic rings. The summed E-state index contributed by atoms with van der Waals surface area (Å²) in [7, 11) is 0. The lowest BCUT2D eigenvalue weighted by Crippen LogP contribution is -2.39. The molecule has 2 N–H and O–H groups in total. The van der Waals surface area contributed by atoms with Crippen LogP contribution in [0.25, 0.3) is 0 Å². The third-order valence-corrected chi connectivity index (χ3v) is 5.89. The van der Waals surface area contributed by atoms with Crippen LogP contribution >= 0.6 is 0 Å². The molecule has 1 aromatic carbocycles. The first-order valence-corrected chi connectivity index (χ1v) is 9.67. The van der Waals surface area contributed by atoms with Gasteiger partial charge in [-0.05, 0) is 50.3 Å². The number of rotatable bonds is 3. The molecule has 3 amide bonds. The lowest BCUT2D eigenvalue weighted by molar-refractivity contribution is -0.117. The van der Waals surface area contributed by atoms with Crippen LogP contribution in [0, 0.1) is 6.92 Å². The Morgan fingerprint density at radius 3 is 2.81 bits per heavy atom. The van der Waals surface area contributed by atoms with Gasteiger partial charge in [-0.3, -0.25) is 4.79 Å². The van der Waals surface area contributed by atoms with Crippen molar-refractivity contribution < 1.29 is 14.3 Å². The average Bonchev–Trinajstić information content (AvgIpc) is 3.33. The maximum Gasteiger partial charge on any atom is 0.319 e. The molecule has 1 saturated carbocycles. The second kappa shape index (κ2) is 6.91. The van der Waals surface area contributed by atoms with E-state index in [1.807, 2.05) is 30.0 Å². The summed E-state index contributed by atoms with van der Waals surface area (Å²) < 4.78 is 5.99. The number of benzene rings is 1. The summed E-state index contributed by atoms with van der Waals surface area (Å²) in [5, 5.41) is 5.95. The number of amides is 3. The van der Waals surface area contributed by atoms with Crippen molar-refractivity contribution in [3.8, 4) is 0 Å². The number of anilines is 2. The zero-order valence-electron chi connectivity index (χ0n) is 15.3. The van der Waals surface area contributed by atoms with Crippen molar-refractivity contribution in [3.05, 3.63) is 23.8 Å². The SMILES string of the molecule is Cc1ccc(NC(=O)NC2COC3(CCCC3)C2)cc1N1CCCC1=O. The molecule has 1 spiro atoms. The molecule has 2 heterocycles. The van der Waals surface area contributed by atoms with Gasteiger partial charge in [-0.1, -0.05) is 18.9 Å². The van der Waals surface area contributed by atoms with Gasteiger partial charge in [0, 0.05) is 24.3 Å². The molecule has 2 aliphatic heterocycles. The molecule has 0 radical (unpaired) electrons. The molecular formula is C20H27N3O3. The molecule has 1 unspecified atom stereocenters. The monoisotopic (exact) mass is 357 g/mol. The highest BCUT2D eigenvalue weighted by Crippen LogP contribution is 2.40. The highest BCUT2D eigenvalue weighted by molar-refractivity contribution is 5.97. The maximum atomic E-state index is 12.4. The standard InChI is InChI=1S/C20H27N3O3/c1-14-6-7-15(11-17(14)23-10-4-5-18(23)24)21-19(25)22-16-12-20(26-13-16)8-2-3-9-20/h6-7,11,16H,2-5,8-10,12-13H2,1H3,(H2,21,22,25). The predicted molar refractivity (Wildman–Crippen MR) is 100 cm³/mol. The lowest BCUT2D eigenvalue weighted by Gasteiger charge is -2.21. The minimum atomic E-state index is -0.212. The Kier molecular flexibility index (Phi) is 4.61. The van der Waals surface area contributed by atoms with Gasteiger partial charge in [0.1, 0.15) is 0 Å². The van der Waals surface area contributed by atoms with Crippen molar-refractivity contribution >= 4 is 23.3 Å². The topological polar surface area (TPSA) is 70.7 Å². The zero-order valence-corrected chi connectivity index (χ0v) is 15.3. The predicted octanol–water partition coefficient (Wildman–Crippen LogP) is 3.35. The summed E-state index contributed by atoms with van der Waals surface area (Å²) in [4.78, 5) is 26.2. The van der Waals surface area contributed by atoms with Crippen LogP contribution in [0.5, 0.6) is 0 Å². The fourth-order valence-corrected chi connectivity index (χ4v) is 4.54. The van der Waals surface area contributed by atoms with Crippen LogP contribution in [0.1, 0.15) is 50.5 Å². The number of nitrogens with zero attached hydrogens (tertiary/aromatic N) is 1. The van der Waals surface area contributed by atoms with Crippen molar-refractivity contribution in [2.24, 2.45) is 0 Å². The van der Waals surface area contributed by atoms with Gasteiger partial charge in [0.25, 0.3) is 0 Å². The van der Waals surface area contributed by atoms with E-state index >= 15 is 0 Å². The maximum absolute atomic E-state index is 12.4. The highest BCUT2D eigenvalue weighted by atomic mass is 16.5. The van der Waals surface area contributed by atoms with Crippen LogP contribution in [0.3, 0.4) is 0 Å². The van der Waals surface area contributed by atoms with E-state index in [0.717, 1.165) is 43.5 Å². The Morgan fingerprint density at radius 1 is 1.27 bits per heavy atom. The molecule has 0 aromatic heterocycles. The summed E-state index contributed by atoms with van der Waals surface area (Å²) >= 11 is 0. The van der Waals surface area contributed by atoms with E-state index in [9.17, 15) is 9.59 Å². The van der Waals surface area contributed by atoms with Crippen molar-refractivity contribution in [3.63, 3.8) is 0 Å². The summed E-state index contributed by atoms with van der Waals surface area (Å²) in [6.45, 7) is 3.33. The van der Waals surface area contributed by atoms with E-state index in [1.54, 1.807) is 0 Å². The molecule has 26 heavy (non-hydrogen) atoms. The number of aryl methyl sites for hydroxylation is 1. The van der Waals surface area contributed by atoms with E-state index in [4.69, 9.17) is 4.74 Å². The van der Waals surface area contributed by atoms with Gasteiger partial charge in [0.15, 0.2) is 0 Å². The first-order valence-electron chi connectivity index (χ1n) is 9.67. The van der Waals surface area contributed by atoms with E-state index in [0.29, 0.717) is 18.7 Å². The first-order chi connectivity index (χ1) is 12.5. The van der Waals surface area contributed by atoms with Crippen molar-refractivity contribution in [2.75, 3.05) is 23.4 Å². The molecule has 3 aliphatic rings. The van der Waals surface area contributed by atoms with Gasteiger partial charge in [-0.2, -0.15) is 0 Å². The Morgan fingerprint density at radius 2 is 2.08 bits per heavy atom. The van der Waals surface area contributed by atoms with Crippen molar-refractivity contribution in [1.82, 2.24) is 5.32 Å².